The van der Waals surface area contributed by atoms with Crippen LogP contribution in [0.3, 0.4) is 0 Å². The van der Waals surface area contributed by atoms with E-state index in [1.807, 2.05) is 0 Å². The number of carbonyl (C=O) groups is 2. The van der Waals surface area contributed by atoms with E-state index in [0.29, 0.717) is 18.7 Å². The second-order valence-corrected chi connectivity index (χ2v) is 5.53. The van der Waals surface area contributed by atoms with Gasteiger partial charge in [-0.15, -0.1) is 0 Å². The molecule has 0 N–H and O–H groups in total. The van der Waals surface area contributed by atoms with Crippen LogP contribution in [0.4, 0.5) is 10.1 Å². The average molecular weight is 297 g/mol. The predicted octanol–water partition coefficient (Wildman–Crippen LogP) is 2.21. The van der Waals surface area contributed by atoms with Crippen molar-refractivity contribution < 1.29 is 14.0 Å². The van der Waals surface area contributed by atoms with E-state index in [4.69, 9.17) is 11.6 Å². The van der Waals surface area contributed by atoms with Crippen molar-refractivity contribution in [3.63, 3.8) is 0 Å². The fourth-order valence-electron chi connectivity index (χ4n) is 2.84. The van der Waals surface area contributed by atoms with E-state index in [9.17, 15) is 14.0 Å². The molecule has 0 bridgehead atoms. The summed E-state index contributed by atoms with van der Waals surface area (Å²) in [6.45, 7) is 0.606. The molecular formula is C14H14ClFN2O2. The Labute approximate surface area is 121 Å². The minimum Gasteiger partial charge on any atom is -0.329 e. The number of benzene rings is 1. The number of fused-ring (bicyclic) bond motifs is 1. The maximum absolute atomic E-state index is 13.5. The Morgan fingerprint density at radius 2 is 2.05 bits per heavy atom. The molecule has 0 spiro atoms. The minimum absolute atomic E-state index is 0.00354. The normalized spacial score (nSPS) is 23.0. The number of carbonyl (C=O) groups excluding carboxylic acids is 2. The highest BCUT2D eigenvalue weighted by molar-refractivity contribution is 6.30. The van der Waals surface area contributed by atoms with Gasteiger partial charge in [0.15, 0.2) is 0 Å². The van der Waals surface area contributed by atoms with E-state index in [2.05, 4.69) is 0 Å². The summed E-state index contributed by atoms with van der Waals surface area (Å²) in [6.07, 6.45) is 2.55. The maximum Gasteiger partial charge on any atom is 0.250 e. The number of piperidine rings is 1. The van der Waals surface area contributed by atoms with Gasteiger partial charge in [0.1, 0.15) is 18.4 Å². The number of nitrogens with zero attached hydrogens (tertiary/aromatic N) is 2. The first kappa shape index (κ1) is 13.4. The summed E-state index contributed by atoms with van der Waals surface area (Å²) in [6, 6.07) is 3.77. The van der Waals surface area contributed by atoms with Gasteiger partial charge in [-0.05, 0) is 37.5 Å². The van der Waals surface area contributed by atoms with Gasteiger partial charge in [0, 0.05) is 12.2 Å². The first-order valence-electron chi connectivity index (χ1n) is 6.64. The number of anilines is 1. The third-order valence-corrected chi connectivity index (χ3v) is 4.19. The largest absolute Gasteiger partial charge is 0.329 e. The second-order valence-electron chi connectivity index (χ2n) is 5.12. The van der Waals surface area contributed by atoms with Gasteiger partial charge < -0.3 is 9.80 Å². The van der Waals surface area contributed by atoms with Crippen LogP contribution in [0.5, 0.6) is 0 Å². The van der Waals surface area contributed by atoms with Crippen molar-refractivity contribution in [3.8, 4) is 0 Å². The molecule has 0 aliphatic carbocycles. The van der Waals surface area contributed by atoms with Crippen LogP contribution in [0.15, 0.2) is 18.2 Å². The van der Waals surface area contributed by atoms with Crippen LogP contribution >= 0.6 is 11.6 Å². The Bertz CT molecular complexity index is 578. The lowest BCUT2D eigenvalue weighted by atomic mass is 9.98. The van der Waals surface area contributed by atoms with Crippen LogP contribution in [0.1, 0.15) is 19.3 Å². The monoisotopic (exact) mass is 296 g/mol. The molecule has 2 saturated heterocycles. The summed E-state index contributed by atoms with van der Waals surface area (Å²) in [7, 11) is 0. The van der Waals surface area contributed by atoms with Crippen LogP contribution in [0, 0.1) is 5.82 Å². The molecule has 1 aromatic carbocycles. The molecule has 1 aromatic rings. The Hall–Kier alpha value is -1.62. The Morgan fingerprint density at radius 1 is 1.25 bits per heavy atom. The van der Waals surface area contributed by atoms with Gasteiger partial charge in [-0.25, -0.2) is 4.39 Å². The highest BCUT2D eigenvalue weighted by atomic mass is 35.5. The molecule has 1 atom stereocenters. The van der Waals surface area contributed by atoms with Crippen LogP contribution in [0.2, 0.25) is 5.02 Å². The molecule has 2 aliphatic heterocycles. The summed E-state index contributed by atoms with van der Waals surface area (Å²) in [5.41, 5.74) is 0.385. The number of hydrogen-bond acceptors (Lipinski definition) is 2. The van der Waals surface area contributed by atoms with Crippen molar-refractivity contribution in [2.75, 3.05) is 18.0 Å². The van der Waals surface area contributed by atoms with Gasteiger partial charge >= 0.3 is 0 Å². The first-order chi connectivity index (χ1) is 9.58. The highest BCUT2D eigenvalue weighted by Gasteiger charge is 2.40. The van der Waals surface area contributed by atoms with E-state index in [-0.39, 0.29) is 23.4 Å². The average Bonchev–Trinajstić information content (AvgIpc) is 2.46. The molecule has 2 heterocycles. The first-order valence-corrected chi connectivity index (χ1v) is 7.01. The van der Waals surface area contributed by atoms with Crippen LogP contribution < -0.4 is 4.90 Å². The highest BCUT2D eigenvalue weighted by Crippen LogP contribution is 2.28. The minimum atomic E-state index is -0.588. The van der Waals surface area contributed by atoms with Crippen LogP contribution in [-0.4, -0.2) is 35.8 Å². The zero-order valence-corrected chi connectivity index (χ0v) is 11.6. The quantitative estimate of drug-likeness (QED) is 0.797. The van der Waals surface area contributed by atoms with E-state index >= 15 is 0 Å². The number of rotatable bonds is 1. The van der Waals surface area contributed by atoms with Gasteiger partial charge in [0.2, 0.25) is 11.8 Å². The third-order valence-electron chi connectivity index (χ3n) is 3.88. The number of amides is 2. The SMILES string of the molecule is O=C1C2CCCCN2C(=O)CN1c1ccc(Cl)c(F)c1. The van der Waals surface area contributed by atoms with Crippen LogP contribution in [0.25, 0.3) is 0 Å². The van der Waals surface area contributed by atoms with Crippen molar-refractivity contribution in [2.24, 2.45) is 0 Å². The molecule has 20 heavy (non-hydrogen) atoms. The number of piperazine rings is 1. The van der Waals surface area contributed by atoms with Gasteiger partial charge in [-0.3, -0.25) is 9.59 Å². The summed E-state index contributed by atoms with van der Waals surface area (Å²) >= 11 is 5.64. The maximum atomic E-state index is 13.5. The van der Waals surface area contributed by atoms with Crippen LogP contribution in [-0.2, 0) is 9.59 Å². The van der Waals surface area contributed by atoms with E-state index in [1.54, 1.807) is 11.0 Å². The van der Waals surface area contributed by atoms with Gasteiger partial charge in [0.05, 0.1) is 5.02 Å². The molecular weight excluding hydrogens is 283 g/mol. The Morgan fingerprint density at radius 3 is 2.80 bits per heavy atom. The van der Waals surface area contributed by atoms with Crippen molar-refractivity contribution in [2.45, 2.75) is 25.3 Å². The lowest BCUT2D eigenvalue weighted by Crippen LogP contribution is -2.61. The molecule has 2 amide bonds. The molecule has 0 aromatic heterocycles. The predicted molar refractivity (Wildman–Crippen MR) is 73.1 cm³/mol. The van der Waals surface area contributed by atoms with Crippen molar-refractivity contribution in [1.82, 2.24) is 4.90 Å². The summed E-state index contributed by atoms with van der Waals surface area (Å²) in [5, 5.41) is 0.00354. The molecule has 0 radical (unpaired) electrons. The van der Waals surface area contributed by atoms with Crippen molar-refractivity contribution in [3.05, 3.63) is 29.0 Å². The smallest absolute Gasteiger partial charge is 0.250 e. The Balaban J connectivity index is 1.92. The molecule has 6 heteroatoms. The fraction of sp³-hybridized carbons (Fsp3) is 0.429. The zero-order chi connectivity index (χ0) is 14.3. The molecule has 0 saturated carbocycles. The lowest BCUT2D eigenvalue weighted by molar-refractivity contribution is -0.144. The molecule has 106 valence electrons. The summed E-state index contributed by atoms with van der Waals surface area (Å²) in [4.78, 5) is 27.6. The molecule has 2 fully saturated rings. The lowest BCUT2D eigenvalue weighted by Gasteiger charge is -2.42. The van der Waals surface area contributed by atoms with Gasteiger partial charge in [-0.1, -0.05) is 11.6 Å². The number of hydrogen-bond donors (Lipinski definition) is 0. The fourth-order valence-corrected chi connectivity index (χ4v) is 2.96. The van der Waals surface area contributed by atoms with Gasteiger partial charge in [0.25, 0.3) is 0 Å². The molecule has 4 nitrogen and oxygen atoms in total. The second kappa shape index (κ2) is 5.05. The standard InChI is InChI=1S/C14H14ClFN2O2/c15-10-5-4-9(7-11(10)16)18-8-13(19)17-6-2-1-3-12(17)14(18)20/h4-5,7,12H,1-3,6,8H2. The van der Waals surface area contributed by atoms with Gasteiger partial charge in [-0.2, -0.15) is 0 Å². The summed E-state index contributed by atoms with van der Waals surface area (Å²) in [5.74, 6) is -0.800. The molecule has 3 rings (SSSR count). The topological polar surface area (TPSA) is 40.6 Å². The molecule has 1 unspecified atom stereocenters. The number of halogens is 2. The zero-order valence-electron chi connectivity index (χ0n) is 10.8. The van der Waals surface area contributed by atoms with E-state index in [0.717, 1.165) is 12.8 Å². The molecule has 2 aliphatic rings. The Kier molecular flexibility index (Phi) is 3.38. The van der Waals surface area contributed by atoms with E-state index in [1.165, 1.54) is 17.0 Å². The summed E-state index contributed by atoms with van der Waals surface area (Å²) < 4.78 is 13.5. The third kappa shape index (κ3) is 2.16. The van der Waals surface area contributed by atoms with Crippen molar-refractivity contribution in [1.29, 1.82) is 0 Å². The van der Waals surface area contributed by atoms with Crippen molar-refractivity contribution >= 4 is 29.1 Å². The van der Waals surface area contributed by atoms with E-state index < -0.39 is 11.9 Å².